The maximum absolute atomic E-state index is 11.9. The van der Waals surface area contributed by atoms with Crippen LogP contribution in [0.15, 0.2) is 0 Å². The summed E-state index contributed by atoms with van der Waals surface area (Å²) in [5.41, 5.74) is -0.273. The van der Waals surface area contributed by atoms with E-state index in [1.165, 1.54) is 0 Å². The highest BCUT2D eigenvalue weighted by Gasteiger charge is 2.27. The lowest BCUT2D eigenvalue weighted by molar-refractivity contribution is -0.136. The summed E-state index contributed by atoms with van der Waals surface area (Å²) in [7, 11) is 0. The molecule has 4 nitrogen and oxygen atoms in total. The van der Waals surface area contributed by atoms with E-state index in [2.05, 4.69) is 4.90 Å². The van der Waals surface area contributed by atoms with E-state index in [1.807, 2.05) is 39.5 Å². The largest absolute Gasteiger partial charge is 0.340 e. The predicted molar refractivity (Wildman–Crippen MR) is 72.3 cm³/mol. The molecule has 0 aromatic heterocycles. The first kappa shape index (κ1) is 15.2. The Hall–Kier alpha value is -0.900. The fraction of sp³-hybridized carbons (Fsp3) is 0.857. The highest BCUT2D eigenvalue weighted by molar-refractivity contribution is 5.85. The van der Waals surface area contributed by atoms with Crippen LogP contribution in [0.3, 0.4) is 0 Å². The SMILES string of the molecule is CC(C)C(=O)N1CCN(CC(=O)C(C)(C)C)CC1. The van der Waals surface area contributed by atoms with Gasteiger partial charge in [0.25, 0.3) is 0 Å². The average molecular weight is 254 g/mol. The number of Topliss-reactive ketones (excluding diaryl/α,β-unsaturated/α-hetero) is 1. The number of rotatable bonds is 3. The van der Waals surface area contributed by atoms with Gasteiger partial charge >= 0.3 is 0 Å². The second-order valence-electron chi connectivity index (χ2n) is 6.43. The maximum atomic E-state index is 11.9. The molecule has 0 saturated carbocycles. The summed E-state index contributed by atoms with van der Waals surface area (Å²) in [6, 6.07) is 0. The number of amides is 1. The summed E-state index contributed by atoms with van der Waals surface area (Å²) in [6.45, 7) is 13.3. The molecule has 0 aliphatic carbocycles. The fourth-order valence-corrected chi connectivity index (χ4v) is 1.93. The zero-order valence-corrected chi connectivity index (χ0v) is 12.3. The van der Waals surface area contributed by atoms with Gasteiger partial charge in [-0.1, -0.05) is 34.6 Å². The van der Waals surface area contributed by atoms with Crippen LogP contribution in [-0.4, -0.2) is 54.2 Å². The van der Waals surface area contributed by atoms with Crippen LogP contribution in [0.25, 0.3) is 0 Å². The van der Waals surface area contributed by atoms with E-state index in [0.29, 0.717) is 6.54 Å². The summed E-state index contributed by atoms with van der Waals surface area (Å²) < 4.78 is 0. The van der Waals surface area contributed by atoms with E-state index in [0.717, 1.165) is 26.2 Å². The summed E-state index contributed by atoms with van der Waals surface area (Å²) in [5, 5.41) is 0. The Morgan fingerprint density at radius 1 is 1.06 bits per heavy atom. The smallest absolute Gasteiger partial charge is 0.225 e. The lowest BCUT2D eigenvalue weighted by atomic mass is 9.90. The first-order chi connectivity index (χ1) is 8.21. The molecule has 1 aliphatic rings. The van der Waals surface area contributed by atoms with Crippen molar-refractivity contribution in [1.29, 1.82) is 0 Å². The second kappa shape index (κ2) is 5.83. The first-order valence-corrected chi connectivity index (χ1v) is 6.76. The van der Waals surface area contributed by atoms with Crippen LogP contribution in [0.5, 0.6) is 0 Å². The number of carbonyl (C=O) groups is 2. The van der Waals surface area contributed by atoms with Gasteiger partial charge < -0.3 is 4.90 Å². The molecule has 4 heteroatoms. The summed E-state index contributed by atoms with van der Waals surface area (Å²) in [6.07, 6.45) is 0. The number of carbonyl (C=O) groups excluding carboxylic acids is 2. The normalized spacial score (nSPS) is 18.2. The zero-order valence-electron chi connectivity index (χ0n) is 12.3. The van der Waals surface area contributed by atoms with Crippen LogP contribution in [0.2, 0.25) is 0 Å². The molecule has 0 bridgehead atoms. The molecule has 0 N–H and O–H groups in total. The lowest BCUT2D eigenvalue weighted by Crippen LogP contribution is -2.51. The standard InChI is InChI=1S/C14H26N2O2/c1-11(2)13(18)16-8-6-15(7-9-16)10-12(17)14(3,4)5/h11H,6-10H2,1-5H3. The van der Waals surface area contributed by atoms with Crippen molar-refractivity contribution in [3.05, 3.63) is 0 Å². The van der Waals surface area contributed by atoms with Crippen LogP contribution < -0.4 is 0 Å². The zero-order chi connectivity index (χ0) is 13.9. The van der Waals surface area contributed by atoms with Crippen molar-refractivity contribution in [3.8, 4) is 0 Å². The van der Waals surface area contributed by atoms with Crippen molar-refractivity contribution >= 4 is 11.7 Å². The Balaban J connectivity index is 2.41. The number of hydrogen-bond donors (Lipinski definition) is 0. The topological polar surface area (TPSA) is 40.6 Å². The van der Waals surface area contributed by atoms with Crippen molar-refractivity contribution in [2.75, 3.05) is 32.7 Å². The van der Waals surface area contributed by atoms with Crippen molar-refractivity contribution < 1.29 is 9.59 Å². The minimum atomic E-state index is -0.273. The molecular formula is C14H26N2O2. The Labute approximate surface area is 110 Å². The molecule has 0 unspecified atom stereocenters. The summed E-state index contributed by atoms with van der Waals surface area (Å²) in [5.74, 6) is 0.552. The van der Waals surface area contributed by atoms with Gasteiger partial charge in [0.2, 0.25) is 5.91 Å². The highest BCUT2D eigenvalue weighted by atomic mass is 16.2. The van der Waals surface area contributed by atoms with Gasteiger partial charge in [-0.05, 0) is 0 Å². The van der Waals surface area contributed by atoms with Crippen LogP contribution in [0, 0.1) is 11.3 Å². The number of nitrogens with zero attached hydrogens (tertiary/aromatic N) is 2. The second-order valence-corrected chi connectivity index (χ2v) is 6.43. The van der Waals surface area contributed by atoms with E-state index in [9.17, 15) is 9.59 Å². The van der Waals surface area contributed by atoms with Gasteiger partial charge in [-0.3, -0.25) is 14.5 Å². The summed E-state index contributed by atoms with van der Waals surface area (Å²) in [4.78, 5) is 27.8. The molecule has 18 heavy (non-hydrogen) atoms. The Morgan fingerprint density at radius 3 is 1.94 bits per heavy atom. The Morgan fingerprint density at radius 2 is 1.56 bits per heavy atom. The Bertz CT molecular complexity index is 310. The number of ketones is 1. The molecule has 0 aromatic carbocycles. The minimum Gasteiger partial charge on any atom is -0.340 e. The Kier molecular flexibility index (Phi) is 4.91. The molecular weight excluding hydrogens is 228 g/mol. The first-order valence-electron chi connectivity index (χ1n) is 6.76. The van der Waals surface area contributed by atoms with E-state index in [1.54, 1.807) is 0 Å². The molecule has 104 valence electrons. The molecule has 0 aromatic rings. The van der Waals surface area contributed by atoms with Crippen molar-refractivity contribution in [3.63, 3.8) is 0 Å². The molecule has 0 atom stereocenters. The summed E-state index contributed by atoms with van der Waals surface area (Å²) >= 11 is 0. The number of hydrogen-bond acceptors (Lipinski definition) is 3. The van der Waals surface area contributed by atoms with E-state index in [-0.39, 0.29) is 23.0 Å². The molecule has 0 spiro atoms. The third kappa shape index (κ3) is 4.09. The van der Waals surface area contributed by atoms with Gasteiger partial charge in [0.15, 0.2) is 5.78 Å². The lowest BCUT2D eigenvalue weighted by Gasteiger charge is -2.36. The highest BCUT2D eigenvalue weighted by Crippen LogP contribution is 2.16. The molecule has 1 aliphatic heterocycles. The van der Waals surface area contributed by atoms with E-state index in [4.69, 9.17) is 0 Å². The van der Waals surface area contributed by atoms with Gasteiger partial charge in [0, 0.05) is 37.5 Å². The molecule has 1 amide bonds. The van der Waals surface area contributed by atoms with Crippen LogP contribution in [0.4, 0.5) is 0 Å². The fourth-order valence-electron chi connectivity index (χ4n) is 1.93. The van der Waals surface area contributed by atoms with Gasteiger partial charge in [-0.15, -0.1) is 0 Å². The number of piperazine rings is 1. The monoisotopic (exact) mass is 254 g/mol. The molecule has 1 fully saturated rings. The van der Waals surface area contributed by atoms with Crippen molar-refractivity contribution in [2.24, 2.45) is 11.3 Å². The maximum Gasteiger partial charge on any atom is 0.225 e. The third-order valence-corrected chi connectivity index (χ3v) is 3.38. The minimum absolute atomic E-state index is 0.0627. The van der Waals surface area contributed by atoms with E-state index >= 15 is 0 Å². The molecule has 1 rings (SSSR count). The molecule has 1 heterocycles. The van der Waals surface area contributed by atoms with Gasteiger partial charge in [0.1, 0.15) is 0 Å². The van der Waals surface area contributed by atoms with Crippen LogP contribution >= 0.6 is 0 Å². The van der Waals surface area contributed by atoms with Crippen molar-refractivity contribution in [2.45, 2.75) is 34.6 Å². The van der Waals surface area contributed by atoms with E-state index < -0.39 is 0 Å². The van der Waals surface area contributed by atoms with Gasteiger partial charge in [-0.25, -0.2) is 0 Å². The quantitative estimate of drug-likeness (QED) is 0.764. The van der Waals surface area contributed by atoms with Gasteiger partial charge in [0.05, 0.1) is 6.54 Å². The molecule has 0 radical (unpaired) electrons. The average Bonchev–Trinajstić information content (AvgIpc) is 2.27. The third-order valence-electron chi connectivity index (χ3n) is 3.38. The predicted octanol–water partition coefficient (Wildman–Crippen LogP) is 1.40. The van der Waals surface area contributed by atoms with Crippen LogP contribution in [0.1, 0.15) is 34.6 Å². The van der Waals surface area contributed by atoms with Crippen molar-refractivity contribution in [1.82, 2.24) is 9.80 Å². The van der Waals surface area contributed by atoms with Gasteiger partial charge in [-0.2, -0.15) is 0 Å². The van der Waals surface area contributed by atoms with Crippen LogP contribution in [-0.2, 0) is 9.59 Å². The molecule has 1 saturated heterocycles.